The summed E-state index contributed by atoms with van der Waals surface area (Å²) in [6.07, 6.45) is 7.63. The van der Waals surface area contributed by atoms with E-state index in [1.54, 1.807) is 25.3 Å². The third kappa shape index (κ3) is 4.48. The minimum absolute atomic E-state index is 0.199. The van der Waals surface area contributed by atoms with Crippen LogP contribution < -0.4 is 10.5 Å². The second kappa shape index (κ2) is 9.40. The van der Waals surface area contributed by atoms with Crippen LogP contribution in [0.15, 0.2) is 36.4 Å². The molecule has 2 aromatic carbocycles. The summed E-state index contributed by atoms with van der Waals surface area (Å²) in [6.45, 7) is 6.02. The minimum Gasteiger partial charge on any atom is -0.496 e. The SMILES string of the molecule is C#CC(N)(c1nc(-c2cc(C)c(OC)cc2Cl)c(C)s1)[C@@H](CCC)c1ccc(F)cc1. The molecule has 1 unspecified atom stereocenters. The summed E-state index contributed by atoms with van der Waals surface area (Å²) in [6, 6.07) is 10.1. The van der Waals surface area contributed by atoms with E-state index < -0.39 is 5.54 Å². The molecule has 0 aliphatic heterocycles. The Bertz CT molecular complexity index is 1120. The number of rotatable bonds is 7. The summed E-state index contributed by atoms with van der Waals surface area (Å²) in [4.78, 5) is 5.85. The fourth-order valence-corrected chi connectivity index (χ4v) is 5.13. The van der Waals surface area contributed by atoms with Gasteiger partial charge in [-0.15, -0.1) is 17.8 Å². The Morgan fingerprint density at radius 2 is 1.97 bits per heavy atom. The lowest BCUT2D eigenvalue weighted by Crippen LogP contribution is -2.41. The van der Waals surface area contributed by atoms with Gasteiger partial charge >= 0.3 is 0 Å². The number of aryl methyl sites for hydroxylation is 2. The van der Waals surface area contributed by atoms with Gasteiger partial charge in [0.2, 0.25) is 0 Å². The zero-order valence-electron chi connectivity index (χ0n) is 18.1. The molecule has 0 radical (unpaired) electrons. The van der Waals surface area contributed by atoms with Gasteiger partial charge in [-0.05, 0) is 55.7 Å². The van der Waals surface area contributed by atoms with E-state index >= 15 is 0 Å². The van der Waals surface area contributed by atoms with E-state index in [-0.39, 0.29) is 11.7 Å². The first kappa shape index (κ1) is 23.3. The fourth-order valence-electron chi connectivity index (χ4n) is 3.84. The summed E-state index contributed by atoms with van der Waals surface area (Å²) < 4.78 is 18.9. The van der Waals surface area contributed by atoms with Crippen LogP contribution in [-0.2, 0) is 5.54 Å². The summed E-state index contributed by atoms with van der Waals surface area (Å²) in [5, 5.41) is 1.20. The Morgan fingerprint density at radius 1 is 1.29 bits per heavy atom. The van der Waals surface area contributed by atoms with Gasteiger partial charge in [-0.2, -0.15) is 0 Å². The van der Waals surface area contributed by atoms with Crippen LogP contribution >= 0.6 is 22.9 Å². The molecule has 3 rings (SSSR count). The van der Waals surface area contributed by atoms with Crippen LogP contribution in [0.1, 0.15) is 46.7 Å². The Labute approximate surface area is 192 Å². The van der Waals surface area contributed by atoms with Gasteiger partial charge in [0.1, 0.15) is 22.1 Å². The Balaban J connectivity index is 2.11. The molecule has 0 aliphatic carbocycles. The van der Waals surface area contributed by atoms with Gasteiger partial charge in [-0.1, -0.05) is 43.0 Å². The van der Waals surface area contributed by atoms with Crippen molar-refractivity contribution in [1.29, 1.82) is 0 Å². The predicted octanol–water partition coefficient (Wildman–Crippen LogP) is 6.60. The molecule has 2 N–H and O–H groups in total. The number of ether oxygens (including phenoxy) is 1. The molecule has 0 bridgehead atoms. The molecule has 3 aromatic rings. The molecule has 0 saturated carbocycles. The van der Waals surface area contributed by atoms with Gasteiger partial charge in [-0.25, -0.2) is 9.37 Å². The van der Waals surface area contributed by atoms with Gasteiger partial charge in [0.15, 0.2) is 0 Å². The predicted molar refractivity (Wildman–Crippen MR) is 127 cm³/mol. The summed E-state index contributed by atoms with van der Waals surface area (Å²) in [7, 11) is 1.61. The topological polar surface area (TPSA) is 48.1 Å². The quantitative estimate of drug-likeness (QED) is 0.407. The van der Waals surface area contributed by atoms with Crippen LogP contribution in [0.5, 0.6) is 5.75 Å². The number of benzene rings is 2. The summed E-state index contributed by atoms with van der Waals surface area (Å²) >= 11 is 8.02. The van der Waals surface area contributed by atoms with Crippen molar-refractivity contribution >= 4 is 22.9 Å². The maximum atomic E-state index is 13.5. The molecule has 2 atom stereocenters. The average Bonchev–Trinajstić information content (AvgIpc) is 3.15. The third-order valence-electron chi connectivity index (χ3n) is 5.53. The molecule has 0 aliphatic rings. The molecule has 0 amide bonds. The first-order valence-corrected chi connectivity index (χ1v) is 11.3. The van der Waals surface area contributed by atoms with E-state index in [1.165, 1.54) is 23.5 Å². The number of terminal acetylenes is 1. The van der Waals surface area contributed by atoms with Gasteiger partial charge in [0.05, 0.1) is 17.8 Å². The number of thiazole rings is 1. The highest BCUT2D eigenvalue weighted by atomic mass is 35.5. The van der Waals surface area contributed by atoms with Crippen LogP contribution in [-0.4, -0.2) is 12.1 Å². The van der Waals surface area contributed by atoms with Crippen molar-refractivity contribution in [2.24, 2.45) is 5.73 Å². The van der Waals surface area contributed by atoms with Gasteiger partial charge in [0, 0.05) is 16.4 Å². The molecular formula is C25H26ClFN2OS. The molecule has 0 fully saturated rings. The zero-order valence-corrected chi connectivity index (χ0v) is 19.7. The van der Waals surface area contributed by atoms with Crippen molar-refractivity contribution in [2.45, 2.75) is 45.1 Å². The Kier molecular flexibility index (Phi) is 7.06. The average molecular weight is 457 g/mol. The molecule has 1 aromatic heterocycles. The highest BCUT2D eigenvalue weighted by molar-refractivity contribution is 7.12. The van der Waals surface area contributed by atoms with Crippen LogP contribution in [0, 0.1) is 32.0 Å². The maximum Gasteiger partial charge on any atom is 0.136 e. The minimum atomic E-state index is -1.13. The number of halogens is 2. The monoisotopic (exact) mass is 456 g/mol. The smallest absolute Gasteiger partial charge is 0.136 e. The van der Waals surface area contributed by atoms with Crippen LogP contribution in [0.4, 0.5) is 4.39 Å². The van der Waals surface area contributed by atoms with Crippen LogP contribution in [0.2, 0.25) is 5.02 Å². The number of hydrogen-bond donors (Lipinski definition) is 1. The van der Waals surface area contributed by atoms with Crippen molar-refractivity contribution in [3.05, 3.63) is 68.2 Å². The standard InChI is InChI=1S/C25H26ClFN2OS/c1-6-8-20(17-9-11-18(27)12-10-17)25(28,7-2)24-29-23(16(4)31-24)19-13-15(3)22(30-5)14-21(19)26/h2,9-14,20H,6,8,28H2,1,3-5H3/t20-,25?/m0/s1. The van der Waals surface area contributed by atoms with Crippen LogP contribution in [0.3, 0.4) is 0 Å². The number of nitrogens with two attached hydrogens (primary N) is 1. The molecule has 1 heterocycles. The fraction of sp³-hybridized carbons (Fsp3) is 0.320. The molecule has 0 saturated heterocycles. The molecule has 6 heteroatoms. The number of hydrogen-bond acceptors (Lipinski definition) is 4. The molecule has 0 spiro atoms. The van der Waals surface area contributed by atoms with Gasteiger partial charge in [-0.3, -0.25) is 0 Å². The summed E-state index contributed by atoms with van der Waals surface area (Å²) in [5.41, 5.74) is 9.16. The maximum absolute atomic E-state index is 13.5. The first-order valence-electron chi connectivity index (χ1n) is 10.1. The lowest BCUT2D eigenvalue weighted by atomic mass is 9.78. The molecule has 3 nitrogen and oxygen atoms in total. The number of nitrogens with zero attached hydrogens (tertiary/aromatic N) is 1. The van der Waals surface area contributed by atoms with Crippen molar-refractivity contribution in [1.82, 2.24) is 4.98 Å². The second-order valence-corrected chi connectivity index (χ2v) is 9.24. The normalized spacial score (nSPS) is 14.0. The third-order valence-corrected chi connectivity index (χ3v) is 6.96. The molecular weight excluding hydrogens is 431 g/mol. The molecule has 31 heavy (non-hydrogen) atoms. The molecule has 162 valence electrons. The van der Waals surface area contributed by atoms with E-state index in [0.29, 0.717) is 10.0 Å². The highest BCUT2D eigenvalue weighted by Crippen LogP contribution is 2.43. The van der Waals surface area contributed by atoms with Crippen molar-refractivity contribution in [2.75, 3.05) is 7.11 Å². The van der Waals surface area contributed by atoms with Crippen LogP contribution in [0.25, 0.3) is 11.3 Å². The number of aromatic nitrogens is 1. The number of methoxy groups -OCH3 is 1. The van der Waals surface area contributed by atoms with Crippen molar-refractivity contribution in [3.63, 3.8) is 0 Å². The summed E-state index contributed by atoms with van der Waals surface area (Å²) in [5.74, 6) is 3.04. The first-order chi connectivity index (χ1) is 14.7. The Hall–Kier alpha value is -2.39. The van der Waals surface area contributed by atoms with Crippen molar-refractivity contribution < 1.29 is 9.13 Å². The van der Waals surface area contributed by atoms with Gasteiger partial charge in [0.25, 0.3) is 0 Å². The zero-order chi connectivity index (χ0) is 22.8. The van der Waals surface area contributed by atoms with E-state index in [9.17, 15) is 4.39 Å². The second-order valence-electron chi connectivity index (χ2n) is 7.63. The van der Waals surface area contributed by atoms with Gasteiger partial charge < -0.3 is 10.5 Å². The van der Waals surface area contributed by atoms with Crippen molar-refractivity contribution in [3.8, 4) is 29.4 Å². The lowest BCUT2D eigenvalue weighted by molar-refractivity contribution is 0.412. The lowest BCUT2D eigenvalue weighted by Gasteiger charge is -2.32. The van der Waals surface area contributed by atoms with E-state index in [4.69, 9.17) is 33.5 Å². The van der Waals surface area contributed by atoms with E-state index in [2.05, 4.69) is 12.8 Å². The highest BCUT2D eigenvalue weighted by Gasteiger charge is 2.39. The Morgan fingerprint density at radius 3 is 2.55 bits per heavy atom. The van der Waals surface area contributed by atoms with E-state index in [0.717, 1.165) is 45.9 Å². The largest absolute Gasteiger partial charge is 0.496 e. The van der Waals surface area contributed by atoms with E-state index in [1.807, 2.05) is 19.9 Å².